The zero-order valence-corrected chi connectivity index (χ0v) is 11.9. The third kappa shape index (κ3) is 2.56. The lowest BCUT2D eigenvalue weighted by molar-refractivity contribution is 0.0957. The summed E-state index contributed by atoms with van der Waals surface area (Å²) in [5.74, 6) is 0.0340. The van der Waals surface area contributed by atoms with Crippen LogP contribution in [0.4, 0.5) is 0 Å². The number of amides is 1. The Hall–Kier alpha value is -1.36. The summed E-state index contributed by atoms with van der Waals surface area (Å²) in [6.45, 7) is 4.89. The average Bonchev–Trinajstić information content (AvgIpc) is 2.88. The van der Waals surface area contributed by atoms with E-state index in [9.17, 15) is 4.79 Å². The molecule has 1 amide bonds. The van der Waals surface area contributed by atoms with Crippen LogP contribution in [0.3, 0.4) is 0 Å². The minimum Gasteiger partial charge on any atom is -0.351 e. The molecule has 4 nitrogen and oxygen atoms in total. The van der Waals surface area contributed by atoms with Gasteiger partial charge in [0.15, 0.2) is 0 Å². The number of carbonyl (C=O) groups is 1. The minimum absolute atomic E-state index is 0.0340. The van der Waals surface area contributed by atoms with Crippen LogP contribution in [0.1, 0.15) is 41.6 Å². The molecule has 0 aliphatic rings. The molecule has 1 N–H and O–H groups in total. The van der Waals surface area contributed by atoms with Crippen LogP contribution in [-0.2, 0) is 7.05 Å². The SMILES string of the molecule is CCCCCNC(=O)c1cc2c(C)nn(C)c2s1. The number of unbranched alkanes of at least 4 members (excludes halogenated alkanes) is 2. The standard InChI is InChI=1S/C13H19N3OS/c1-4-5-6-7-14-12(17)11-8-10-9(2)15-16(3)13(10)18-11/h8H,4-7H2,1-3H3,(H,14,17). The second kappa shape index (κ2) is 5.52. The van der Waals surface area contributed by atoms with Gasteiger partial charge < -0.3 is 5.32 Å². The number of hydrogen-bond donors (Lipinski definition) is 1. The number of fused-ring (bicyclic) bond motifs is 1. The fourth-order valence-electron chi connectivity index (χ4n) is 1.98. The molecule has 2 rings (SSSR count). The Morgan fingerprint density at radius 2 is 2.28 bits per heavy atom. The van der Waals surface area contributed by atoms with Crippen molar-refractivity contribution in [1.82, 2.24) is 15.1 Å². The molecule has 0 saturated heterocycles. The van der Waals surface area contributed by atoms with E-state index in [1.807, 2.05) is 24.7 Å². The highest BCUT2D eigenvalue weighted by molar-refractivity contribution is 7.20. The smallest absolute Gasteiger partial charge is 0.261 e. The summed E-state index contributed by atoms with van der Waals surface area (Å²) in [6.07, 6.45) is 3.38. The van der Waals surface area contributed by atoms with Crippen LogP contribution in [0.2, 0.25) is 0 Å². The highest BCUT2D eigenvalue weighted by Gasteiger charge is 2.14. The lowest BCUT2D eigenvalue weighted by atomic mass is 10.2. The Kier molecular flexibility index (Phi) is 4.01. The van der Waals surface area contributed by atoms with E-state index in [0.717, 1.165) is 40.2 Å². The van der Waals surface area contributed by atoms with Crippen molar-refractivity contribution in [3.05, 3.63) is 16.6 Å². The van der Waals surface area contributed by atoms with Gasteiger partial charge in [0, 0.05) is 19.0 Å². The number of aryl methyl sites for hydroxylation is 2. The third-order valence-corrected chi connectivity index (χ3v) is 4.19. The van der Waals surface area contributed by atoms with Crippen molar-refractivity contribution < 1.29 is 4.79 Å². The molecule has 2 aromatic heterocycles. The highest BCUT2D eigenvalue weighted by Crippen LogP contribution is 2.27. The molecule has 0 unspecified atom stereocenters. The zero-order chi connectivity index (χ0) is 13.1. The Morgan fingerprint density at radius 3 is 2.94 bits per heavy atom. The second-order valence-electron chi connectivity index (χ2n) is 4.50. The first-order valence-electron chi connectivity index (χ1n) is 6.34. The summed E-state index contributed by atoms with van der Waals surface area (Å²) in [7, 11) is 1.91. The molecule has 98 valence electrons. The van der Waals surface area contributed by atoms with Gasteiger partial charge in [0.25, 0.3) is 5.91 Å². The summed E-state index contributed by atoms with van der Waals surface area (Å²) in [5, 5.41) is 8.38. The van der Waals surface area contributed by atoms with Gasteiger partial charge in [0.05, 0.1) is 10.6 Å². The van der Waals surface area contributed by atoms with Crippen LogP contribution in [0, 0.1) is 6.92 Å². The molecule has 2 aromatic rings. The van der Waals surface area contributed by atoms with Gasteiger partial charge in [0.1, 0.15) is 4.83 Å². The molecule has 0 fully saturated rings. The van der Waals surface area contributed by atoms with Crippen molar-refractivity contribution in [2.24, 2.45) is 7.05 Å². The van der Waals surface area contributed by atoms with Crippen LogP contribution in [0.25, 0.3) is 10.2 Å². The summed E-state index contributed by atoms with van der Waals surface area (Å²) in [4.78, 5) is 13.8. The van der Waals surface area contributed by atoms with E-state index in [0.29, 0.717) is 0 Å². The molecular weight excluding hydrogens is 246 g/mol. The Labute approximate surface area is 111 Å². The third-order valence-electron chi connectivity index (χ3n) is 2.99. The van der Waals surface area contributed by atoms with E-state index in [2.05, 4.69) is 17.3 Å². The topological polar surface area (TPSA) is 46.9 Å². The van der Waals surface area contributed by atoms with Gasteiger partial charge in [-0.15, -0.1) is 11.3 Å². The van der Waals surface area contributed by atoms with Gasteiger partial charge in [-0.05, 0) is 19.4 Å². The van der Waals surface area contributed by atoms with Gasteiger partial charge in [-0.3, -0.25) is 9.48 Å². The fourth-order valence-corrected chi connectivity index (χ4v) is 3.02. The molecule has 0 bridgehead atoms. The van der Waals surface area contributed by atoms with Crippen molar-refractivity contribution in [2.45, 2.75) is 33.1 Å². The maximum absolute atomic E-state index is 12.0. The molecule has 0 aliphatic carbocycles. The number of rotatable bonds is 5. The van der Waals surface area contributed by atoms with Gasteiger partial charge >= 0.3 is 0 Å². The molecule has 5 heteroatoms. The van der Waals surface area contributed by atoms with Gasteiger partial charge in [-0.2, -0.15) is 5.10 Å². The lowest BCUT2D eigenvalue weighted by Gasteiger charge is -2.01. The zero-order valence-electron chi connectivity index (χ0n) is 11.1. The van der Waals surface area contributed by atoms with E-state index in [4.69, 9.17) is 0 Å². The van der Waals surface area contributed by atoms with E-state index < -0.39 is 0 Å². The van der Waals surface area contributed by atoms with Gasteiger partial charge in [0.2, 0.25) is 0 Å². The number of carbonyl (C=O) groups excluding carboxylic acids is 1. The lowest BCUT2D eigenvalue weighted by Crippen LogP contribution is -2.23. The average molecular weight is 265 g/mol. The maximum atomic E-state index is 12.0. The minimum atomic E-state index is 0.0340. The molecular formula is C13H19N3OS. The van der Waals surface area contributed by atoms with Crippen molar-refractivity contribution in [1.29, 1.82) is 0 Å². The molecule has 0 aliphatic heterocycles. The molecule has 0 spiro atoms. The normalized spacial score (nSPS) is 11.1. The number of thiophene rings is 1. The number of aromatic nitrogens is 2. The van der Waals surface area contributed by atoms with Crippen molar-refractivity contribution in [2.75, 3.05) is 6.54 Å². The number of nitrogens with one attached hydrogen (secondary N) is 1. The summed E-state index contributed by atoms with van der Waals surface area (Å²) in [5.41, 5.74) is 0.980. The van der Waals surface area contributed by atoms with Crippen molar-refractivity contribution in [3.8, 4) is 0 Å². The Balaban J connectivity index is 2.06. The van der Waals surface area contributed by atoms with E-state index in [-0.39, 0.29) is 5.91 Å². The van der Waals surface area contributed by atoms with E-state index in [1.54, 1.807) is 0 Å². The van der Waals surface area contributed by atoms with Crippen molar-refractivity contribution in [3.63, 3.8) is 0 Å². The van der Waals surface area contributed by atoms with Crippen LogP contribution in [0.5, 0.6) is 0 Å². The van der Waals surface area contributed by atoms with Crippen LogP contribution < -0.4 is 5.32 Å². The molecule has 18 heavy (non-hydrogen) atoms. The van der Waals surface area contributed by atoms with E-state index >= 15 is 0 Å². The predicted octanol–water partition coefficient (Wildman–Crippen LogP) is 2.86. The maximum Gasteiger partial charge on any atom is 0.261 e. The summed E-state index contributed by atoms with van der Waals surface area (Å²) in [6, 6.07) is 1.94. The quantitative estimate of drug-likeness (QED) is 0.845. The largest absolute Gasteiger partial charge is 0.351 e. The van der Waals surface area contributed by atoms with Crippen LogP contribution >= 0.6 is 11.3 Å². The number of hydrogen-bond acceptors (Lipinski definition) is 3. The molecule has 0 aromatic carbocycles. The fraction of sp³-hybridized carbons (Fsp3) is 0.538. The predicted molar refractivity (Wildman–Crippen MR) is 75.2 cm³/mol. The van der Waals surface area contributed by atoms with Crippen LogP contribution in [-0.4, -0.2) is 22.2 Å². The summed E-state index contributed by atoms with van der Waals surface area (Å²) < 4.78 is 1.84. The highest BCUT2D eigenvalue weighted by atomic mass is 32.1. The van der Waals surface area contributed by atoms with Crippen molar-refractivity contribution >= 4 is 27.5 Å². The summed E-state index contributed by atoms with van der Waals surface area (Å²) >= 11 is 1.51. The molecule has 0 atom stereocenters. The molecule has 0 radical (unpaired) electrons. The Bertz CT molecular complexity index is 521. The second-order valence-corrected chi connectivity index (χ2v) is 5.53. The Morgan fingerprint density at radius 1 is 1.50 bits per heavy atom. The first-order valence-corrected chi connectivity index (χ1v) is 7.16. The monoisotopic (exact) mass is 265 g/mol. The first kappa shape index (κ1) is 13.1. The number of nitrogens with zero attached hydrogens (tertiary/aromatic N) is 2. The molecule has 0 saturated carbocycles. The van der Waals surface area contributed by atoms with E-state index in [1.165, 1.54) is 17.8 Å². The van der Waals surface area contributed by atoms with Crippen LogP contribution in [0.15, 0.2) is 6.07 Å². The van der Waals surface area contributed by atoms with Gasteiger partial charge in [-0.1, -0.05) is 19.8 Å². The first-order chi connectivity index (χ1) is 8.63. The molecule has 2 heterocycles. The van der Waals surface area contributed by atoms with Gasteiger partial charge in [-0.25, -0.2) is 0 Å².